The zero-order valence-corrected chi connectivity index (χ0v) is 21.3. The van der Waals surface area contributed by atoms with Gasteiger partial charge >= 0.3 is 0 Å². The molecule has 3 aliphatic carbocycles. The molecule has 6 atom stereocenters. The Hall–Kier alpha value is -3.19. The molecule has 0 aliphatic heterocycles. The first kappa shape index (κ1) is 27.4. The molecule has 3 aliphatic rings. The van der Waals surface area contributed by atoms with Crippen molar-refractivity contribution in [3.63, 3.8) is 0 Å². The molecule has 0 heterocycles. The number of phenols is 2. The number of Topliss-reactive ketones (excluding diaryl/α,β-unsaturated/α-hetero) is 1. The first-order valence-corrected chi connectivity index (χ1v) is 12.8. The van der Waals surface area contributed by atoms with E-state index in [1.165, 1.54) is 18.2 Å². The van der Waals surface area contributed by atoms with Crippen LogP contribution in [0.5, 0.6) is 11.5 Å². The topological polar surface area (TPSA) is 208 Å². The standard InChI is InChI=1S/C28H31NO10/c1-11-16(6-5-15(29)23(11)33)39-17-8-28(38,18(32)10-31)7-14-20(17)27(37)22-21(25(14)35)24(34)13-4-2-3-12(9-30)19(13)26(22)36/h2-4,11,15-17,23,30-31,33,35,37-38H,5-10,29H2,1H3/t11?,15?,16?,17?,23?,28-/m0/s1. The second-order valence-electron chi connectivity index (χ2n) is 10.7. The highest BCUT2D eigenvalue weighted by Crippen LogP contribution is 2.52. The van der Waals surface area contributed by atoms with Crippen LogP contribution in [0.25, 0.3) is 0 Å². The van der Waals surface area contributed by atoms with Gasteiger partial charge < -0.3 is 41.1 Å². The molecule has 0 amide bonds. The van der Waals surface area contributed by atoms with Crippen molar-refractivity contribution in [3.05, 3.63) is 57.1 Å². The van der Waals surface area contributed by atoms with E-state index in [1.54, 1.807) is 6.92 Å². The maximum atomic E-state index is 13.6. The summed E-state index contributed by atoms with van der Waals surface area (Å²) in [5.41, 5.74) is 2.61. The van der Waals surface area contributed by atoms with Gasteiger partial charge in [-0.2, -0.15) is 0 Å². The lowest BCUT2D eigenvalue weighted by atomic mass is 9.71. The van der Waals surface area contributed by atoms with Crippen LogP contribution in [0.15, 0.2) is 18.2 Å². The lowest BCUT2D eigenvalue weighted by molar-refractivity contribution is -0.154. The molecule has 39 heavy (non-hydrogen) atoms. The van der Waals surface area contributed by atoms with Gasteiger partial charge in [-0.3, -0.25) is 14.4 Å². The third-order valence-corrected chi connectivity index (χ3v) is 8.50. The number of hydrogen-bond donors (Lipinski definition) is 7. The Bertz CT molecular complexity index is 1390. The Morgan fingerprint density at radius 1 is 1.08 bits per heavy atom. The number of ether oxygens (including phenoxy) is 1. The average molecular weight is 542 g/mol. The van der Waals surface area contributed by atoms with Crippen molar-refractivity contribution >= 4 is 17.3 Å². The molecular formula is C28H31NO10. The third-order valence-electron chi connectivity index (χ3n) is 8.50. The lowest BCUT2D eigenvalue weighted by Crippen LogP contribution is -2.51. The number of benzene rings is 2. The number of hydrogen-bond acceptors (Lipinski definition) is 11. The summed E-state index contributed by atoms with van der Waals surface area (Å²) in [6, 6.07) is 3.84. The van der Waals surface area contributed by atoms with Gasteiger partial charge in [0.1, 0.15) is 23.7 Å². The van der Waals surface area contributed by atoms with E-state index in [-0.39, 0.29) is 27.8 Å². The first-order valence-electron chi connectivity index (χ1n) is 12.8. The number of nitrogens with two attached hydrogens (primary N) is 1. The van der Waals surface area contributed by atoms with Crippen molar-refractivity contribution in [1.82, 2.24) is 0 Å². The lowest BCUT2D eigenvalue weighted by Gasteiger charge is -2.43. The fourth-order valence-corrected chi connectivity index (χ4v) is 6.26. The van der Waals surface area contributed by atoms with E-state index in [9.17, 15) is 45.0 Å². The number of fused-ring (bicyclic) bond motifs is 3. The highest BCUT2D eigenvalue weighted by molar-refractivity contribution is 6.31. The van der Waals surface area contributed by atoms with Crippen LogP contribution in [0.2, 0.25) is 0 Å². The van der Waals surface area contributed by atoms with Crippen molar-refractivity contribution in [2.75, 3.05) is 6.61 Å². The molecule has 0 radical (unpaired) electrons. The van der Waals surface area contributed by atoms with Gasteiger partial charge in [-0.25, -0.2) is 0 Å². The molecule has 2 aromatic rings. The van der Waals surface area contributed by atoms with Gasteiger partial charge in [0, 0.05) is 47.1 Å². The minimum atomic E-state index is -2.21. The molecule has 0 aromatic heterocycles. The van der Waals surface area contributed by atoms with Gasteiger partial charge in [-0.1, -0.05) is 25.1 Å². The summed E-state index contributed by atoms with van der Waals surface area (Å²) >= 11 is 0. The van der Waals surface area contributed by atoms with E-state index >= 15 is 0 Å². The fraction of sp³-hybridized carbons (Fsp3) is 0.464. The SMILES string of the molecule is CC1C(OC2C[C@](O)(C(=O)CO)Cc3c(O)c4c(c(O)c32)C(=O)c2c(CO)cccc2C4=O)CCC(N)C1O. The van der Waals surface area contributed by atoms with E-state index in [2.05, 4.69) is 0 Å². The number of aliphatic hydroxyl groups is 4. The Morgan fingerprint density at radius 2 is 1.77 bits per heavy atom. The molecule has 5 unspecified atom stereocenters. The molecule has 208 valence electrons. The number of aromatic hydroxyl groups is 2. The molecule has 0 saturated heterocycles. The molecule has 11 nitrogen and oxygen atoms in total. The number of ketones is 3. The predicted octanol–water partition coefficient (Wildman–Crippen LogP) is 0.149. The van der Waals surface area contributed by atoms with Gasteiger partial charge in [0.25, 0.3) is 0 Å². The summed E-state index contributed by atoms with van der Waals surface area (Å²) in [7, 11) is 0. The highest BCUT2D eigenvalue weighted by atomic mass is 16.5. The summed E-state index contributed by atoms with van der Waals surface area (Å²) in [5, 5.41) is 63.9. The first-order chi connectivity index (χ1) is 18.4. The Labute approximate surface area is 223 Å². The monoisotopic (exact) mass is 541 g/mol. The molecule has 0 bridgehead atoms. The predicted molar refractivity (Wildman–Crippen MR) is 134 cm³/mol. The van der Waals surface area contributed by atoms with Crippen molar-refractivity contribution in [3.8, 4) is 11.5 Å². The maximum absolute atomic E-state index is 13.6. The second kappa shape index (κ2) is 9.77. The number of phenolic OH excluding ortho intramolecular Hbond substituents is 2. The molecule has 1 fully saturated rings. The average Bonchev–Trinajstić information content (AvgIpc) is 2.92. The molecule has 0 spiro atoms. The van der Waals surface area contributed by atoms with Gasteiger partial charge in [0.15, 0.2) is 17.3 Å². The van der Waals surface area contributed by atoms with Crippen LogP contribution in [0.1, 0.15) is 80.8 Å². The van der Waals surface area contributed by atoms with Crippen LogP contribution in [0.3, 0.4) is 0 Å². The smallest absolute Gasteiger partial charge is 0.198 e. The van der Waals surface area contributed by atoms with Gasteiger partial charge in [-0.15, -0.1) is 0 Å². The molecule has 8 N–H and O–H groups in total. The summed E-state index contributed by atoms with van der Waals surface area (Å²) in [6.07, 6.45) is -2.91. The quantitative estimate of drug-likeness (QED) is 0.216. The van der Waals surface area contributed by atoms with E-state index in [1.807, 2.05) is 0 Å². The molecule has 2 aromatic carbocycles. The van der Waals surface area contributed by atoms with E-state index < -0.39 is 102 Å². The van der Waals surface area contributed by atoms with Gasteiger partial charge in [0.2, 0.25) is 0 Å². The molecule has 11 heteroatoms. The minimum Gasteiger partial charge on any atom is -0.507 e. The summed E-state index contributed by atoms with van der Waals surface area (Å²) < 4.78 is 6.27. The van der Waals surface area contributed by atoms with Crippen molar-refractivity contribution < 1.29 is 49.8 Å². The van der Waals surface area contributed by atoms with Crippen LogP contribution < -0.4 is 5.73 Å². The number of aliphatic hydroxyl groups excluding tert-OH is 3. The van der Waals surface area contributed by atoms with E-state index in [4.69, 9.17) is 10.5 Å². The van der Waals surface area contributed by atoms with Crippen molar-refractivity contribution in [2.45, 2.75) is 69.2 Å². The van der Waals surface area contributed by atoms with Crippen LogP contribution >= 0.6 is 0 Å². The molecule has 5 rings (SSSR count). The van der Waals surface area contributed by atoms with Gasteiger partial charge in [-0.05, 0) is 18.4 Å². The van der Waals surface area contributed by atoms with Crippen LogP contribution in [0.4, 0.5) is 0 Å². The molecule has 1 saturated carbocycles. The summed E-state index contributed by atoms with van der Waals surface area (Å²) in [6.45, 7) is 0.183. The Morgan fingerprint density at radius 3 is 2.44 bits per heavy atom. The molecular weight excluding hydrogens is 510 g/mol. The number of carbonyl (C=O) groups is 3. The summed E-state index contributed by atoms with van der Waals surface area (Å²) in [5.74, 6) is -4.29. The summed E-state index contributed by atoms with van der Waals surface area (Å²) in [4.78, 5) is 39.8. The largest absolute Gasteiger partial charge is 0.507 e. The maximum Gasteiger partial charge on any atom is 0.198 e. The number of carbonyl (C=O) groups excluding carboxylic acids is 3. The van der Waals surface area contributed by atoms with Crippen LogP contribution in [-0.4, -0.2) is 78.4 Å². The minimum absolute atomic E-state index is 0.0655. The highest BCUT2D eigenvalue weighted by Gasteiger charge is 2.50. The Kier molecular flexibility index (Phi) is 6.86. The zero-order chi connectivity index (χ0) is 28.4. The fourth-order valence-electron chi connectivity index (χ4n) is 6.26. The van der Waals surface area contributed by atoms with Crippen LogP contribution in [-0.2, 0) is 22.6 Å². The number of rotatable bonds is 5. The van der Waals surface area contributed by atoms with Gasteiger partial charge in [0.05, 0.1) is 36.0 Å². The zero-order valence-electron chi connectivity index (χ0n) is 21.3. The van der Waals surface area contributed by atoms with Crippen molar-refractivity contribution in [1.29, 1.82) is 0 Å². The second-order valence-corrected chi connectivity index (χ2v) is 10.7. The van der Waals surface area contributed by atoms with E-state index in [0.717, 1.165) is 0 Å². The van der Waals surface area contributed by atoms with Crippen LogP contribution in [0, 0.1) is 5.92 Å². The van der Waals surface area contributed by atoms with E-state index in [0.29, 0.717) is 12.8 Å². The van der Waals surface area contributed by atoms with Crippen molar-refractivity contribution in [2.24, 2.45) is 11.7 Å². The Balaban J connectivity index is 1.70. The normalized spacial score (nSPS) is 29.9. The third kappa shape index (κ3) is 4.08.